The molecule has 0 radical (unpaired) electrons. The van der Waals surface area contributed by atoms with Crippen LogP contribution in [0.25, 0.3) is 0 Å². The summed E-state index contributed by atoms with van der Waals surface area (Å²) in [6.07, 6.45) is 2.91. The van der Waals surface area contributed by atoms with Gasteiger partial charge >= 0.3 is 0 Å². The molecular formula is C14H21ClO2. The molecule has 1 unspecified atom stereocenters. The highest BCUT2D eigenvalue weighted by atomic mass is 35.5. The summed E-state index contributed by atoms with van der Waals surface area (Å²) in [4.78, 5) is 0. The Kier molecular flexibility index (Phi) is 8.06. The van der Waals surface area contributed by atoms with E-state index in [-0.39, 0.29) is 5.38 Å². The Balaban J connectivity index is 2.03. The smallest absolute Gasteiger partial charge is 0.0586 e. The second kappa shape index (κ2) is 9.46. The zero-order chi connectivity index (χ0) is 12.3. The minimum absolute atomic E-state index is 0.0961. The minimum Gasteiger partial charge on any atom is -0.385 e. The fourth-order valence-corrected chi connectivity index (χ4v) is 1.90. The lowest BCUT2D eigenvalue weighted by Crippen LogP contribution is -2.01. The normalized spacial score (nSPS) is 12.6. The monoisotopic (exact) mass is 256 g/mol. The zero-order valence-electron chi connectivity index (χ0n) is 10.4. The number of hydrogen-bond acceptors (Lipinski definition) is 2. The molecular weight excluding hydrogens is 236 g/mol. The Morgan fingerprint density at radius 1 is 1.06 bits per heavy atom. The van der Waals surface area contributed by atoms with Crippen molar-refractivity contribution >= 4 is 11.6 Å². The van der Waals surface area contributed by atoms with Crippen LogP contribution in [0.15, 0.2) is 30.3 Å². The molecule has 0 saturated heterocycles. The molecule has 3 heteroatoms. The molecule has 1 rings (SSSR count). The van der Waals surface area contributed by atoms with Crippen LogP contribution in [0.4, 0.5) is 0 Å². The predicted molar refractivity (Wildman–Crippen MR) is 71.6 cm³/mol. The Labute approximate surface area is 109 Å². The highest BCUT2D eigenvalue weighted by Gasteiger charge is 2.06. The molecule has 0 amide bonds. The van der Waals surface area contributed by atoms with Crippen molar-refractivity contribution in [2.24, 2.45) is 0 Å². The van der Waals surface area contributed by atoms with Gasteiger partial charge in [0, 0.05) is 26.9 Å². The fraction of sp³-hybridized carbons (Fsp3) is 0.571. The van der Waals surface area contributed by atoms with Crippen LogP contribution < -0.4 is 0 Å². The second-order valence-electron chi connectivity index (χ2n) is 3.98. The fourth-order valence-electron chi connectivity index (χ4n) is 1.60. The number of halogens is 1. The van der Waals surface area contributed by atoms with Gasteiger partial charge < -0.3 is 9.47 Å². The van der Waals surface area contributed by atoms with E-state index in [0.717, 1.165) is 39.1 Å². The first kappa shape index (κ1) is 14.5. The Hall–Kier alpha value is -0.570. The van der Waals surface area contributed by atoms with Gasteiger partial charge in [0.1, 0.15) is 0 Å². The molecule has 0 N–H and O–H groups in total. The van der Waals surface area contributed by atoms with Gasteiger partial charge in [-0.1, -0.05) is 30.3 Å². The van der Waals surface area contributed by atoms with Crippen molar-refractivity contribution in [3.8, 4) is 0 Å². The number of benzene rings is 1. The van der Waals surface area contributed by atoms with Gasteiger partial charge in [-0.25, -0.2) is 0 Å². The maximum atomic E-state index is 6.29. The van der Waals surface area contributed by atoms with Crippen LogP contribution in [0.5, 0.6) is 0 Å². The Morgan fingerprint density at radius 2 is 1.76 bits per heavy atom. The van der Waals surface area contributed by atoms with Gasteiger partial charge in [0.15, 0.2) is 0 Å². The van der Waals surface area contributed by atoms with E-state index >= 15 is 0 Å². The van der Waals surface area contributed by atoms with Gasteiger partial charge in [0.05, 0.1) is 5.38 Å². The van der Waals surface area contributed by atoms with Crippen LogP contribution in [-0.2, 0) is 9.47 Å². The van der Waals surface area contributed by atoms with Crippen molar-refractivity contribution in [3.05, 3.63) is 35.9 Å². The van der Waals surface area contributed by atoms with E-state index in [2.05, 4.69) is 12.1 Å². The summed E-state index contributed by atoms with van der Waals surface area (Å²) in [5, 5.41) is 0.0961. The molecule has 0 spiro atoms. The molecule has 0 saturated carbocycles. The average Bonchev–Trinajstić information content (AvgIpc) is 2.38. The van der Waals surface area contributed by atoms with Gasteiger partial charge in [0.2, 0.25) is 0 Å². The molecule has 0 aromatic heterocycles. The SMILES string of the molecule is COCCCOCCCC(Cl)c1ccccc1. The van der Waals surface area contributed by atoms with Gasteiger partial charge in [-0.15, -0.1) is 11.6 Å². The highest BCUT2D eigenvalue weighted by molar-refractivity contribution is 6.20. The molecule has 0 fully saturated rings. The number of ether oxygens (including phenoxy) is 2. The predicted octanol–water partition coefficient (Wildman–Crippen LogP) is 3.80. The van der Waals surface area contributed by atoms with Crippen molar-refractivity contribution in [1.29, 1.82) is 0 Å². The van der Waals surface area contributed by atoms with Crippen LogP contribution in [0.2, 0.25) is 0 Å². The number of hydrogen-bond donors (Lipinski definition) is 0. The zero-order valence-corrected chi connectivity index (χ0v) is 11.2. The van der Waals surface area contributed by atoms with E-state index in [1.54, 1.807) is 7.11 Å². The Bertz CT molecular complexity index is 277. The topological polar surface area (TPSA) is 18.5 Å². The average molecular weight is 257 g/mol. The summed E-state index contributed by atoms with van der Waals surface area (Å²) in [5.41, 5.74) is 1.19. The maximum Gasteiger partial charge on any atom is 0.0586 e. The number of rotatable bonds is 9. The van der Waals surface area contributed by atoms with Crippen molar-refractivity contribution < 1.29 is 9.47 Å². The summed E-state index contributed by atoms with van der Waals surface area (Å²) in [7, 11) is 1.71. The molecule has 1 aromatic carbocycles. The largest absolute Gasteiger partial charge is 0.385 e. The van der Waals surface area contributed by atoms with E-state index in [1.807, 2.05) is 18.2 Å². The highest BCUT2D eigenvalue weighted by Crippen LogP contribution is 2.24. The van der Waals surface area contributed by atoms with E-state index in [1.165, 1.54) is 5.56 Å². The maximum absolute atomic E-state index is 6.29. The van der Waals surface area contributed by atoms with Crippen LogP contribution in [-0.4, -0.2) is 26.9 Å². The van der Waals surface area contributed by atoms with Crippen LogP contribution in [0.1, 0.15) is 30.2 Å². The van der Waals surface area contributed by atoms with E-state index in [0.29, 0.717) is 0 Å². The van der Waals surface area contributed by atoms with Crippen molar-refractivity contribution in [2.45, 2.75) is 24.6 Å². The van der Waals surface area contributed by atoms with Gasteiger partial charge in [-0.2, -0.15) is 0 Å². The molecule has 1 aromatic rings. The third kappa shape index (κ3) is 6.67. The van der Waals surface area contributed by atoms with Gasteiger partial charge in [-0.05, 0) is 24.8 Å². The molecule has 0 bridgehead atoms. The molecule has 0 aliphatic carbocycles. The molecule has 0 heterocycles. The van der Waals surface area contributed by atoms with E-state index in [4.69, 9.17) is 21.1 Å². The summed E-state index contributed by atoms with van der Waals surface area (Å²) < 4.78 is 10.4. The lowest BCUT2D eigenvalue weighted by Gasteiger charge is -2.09. The number of methoxy groups -OCH3 is 1. The van der Waals surface area contributed by atoms with Crippen molar-refractivity contribution in [3.63, 3.8) is 0 Å². The van der Waals surface area contributed by atoms with Crippen LogP contribution >= 0.6 is 11.6 Å². The lowest BCUT2D eigenvalue weighted by molar-refractivity contribution is 0.100. The summed E-state index contributed by atoms with van der Waals surface area (Å²) >= 11 is 6.29. The molecule has 0 aliphatic heterocycles. The first-order valence-corrected chi connectivity index (χ1v) is 6.54. The molecule has 1 atom stereocenters. The Morgan fingerprint density at radius 3 is 2.47 bits per heavy atom. The number of alkyl halides is 1. The molecule has 17 heavy (non-hydrogen) atoms. The van der Waals surface area contributed by atoms with Crippen molar-refractivity contribution in [1.82, 2.24) is 0 Å². The van der Waals surface area contributed by atoms with E-state index in [9.17, 15) is 0 Å². The van der Waals surface area contributed by atoms with Crippen LogP contribution in [0.3, 0.4) is 0 Å². The molecule has 0 aliphatic rings. The molecule has 2 nitrogen and oxygen atoms in total. The summed E-state index contributed by atoms with van der Waals surface area (Å²) in [6, 6.07) is 10.2. The minimum atomic E-state index is 0.0961. The lowest BCUT2D eigenvalue weighted by atomic mass is 10.1. The van der Waals surface area contributed by atoms with Crippen molar-refractivity contribution in [2.75, 3.05) is 26.9 Å². The van der Waals surface area contributed by atoms with Crippen LogP contribution in [0, 0.1) is 0 Å². The quantitative estimate of drug-likeness (QED) is 0.494. The summed E-state index contributed by atoms with van der Waals surface area (Å²) in [5.74, 6) is 0. The standard InChI is InChI=1S/C14H21ClO2/c1-16-10-6-12-17-11-5-9-14(15)13-7-3-2-4-8-13/h2-4,7-8,14H,5-6,9-12H2,1H3. The molecule has 96 valence electrons. The first-order chi connectivity index (χ1) is 8.34. The second-order valence-corrected chi connectivity index (χ2v) is 4.51. The van der Waals surface area contributed by atoms with E-state index < -0.39 is 0 Å². The van der Waals surface area contributed by atoms with Gasteiger partial charge in [0.25, 0.3) is 0 Å². The first-order valence-electron chi connectivity index (χ1n) is 6.10. The third-order valence-corrected chi connectivity index (χ3v) is 3.01. The van der Waals surface area contributed by atoms with Gasteiger partial charge in [-0.3, -0.25) is 0 Å². The third-order valence-electron chi connectivity index (χ3n) is 2.54. The summed E-state index contributed by atoms with van der Waals surface area (Å²) in [6.45, 7) is 2.31.